The predicted octanol–water partition coefficient (Wildman–Crippen LogP) is 1.33. The van der Waals surface area contributed by atoms with Crippen LogP contribution in [0.3, 0.4) is 0 Å². The zero-order chi connectivity index (χ0) is 13.0. The highest BCUT2D eigenvalue weighted by Gasteiger charge is 2.04. The van der Waals surface area contributed by atoms with Crippen molar-refractivity contribution in [3.05, 3.63) is 52.8 Å². The maximum Gasteiger partial charge on any atom is 0.269 e. The molecule has 0 bridgehead atoms. The number of aryl methyl sites for hydroxylation is 1. The largest absolute Gasteiger partial charge is 0.383 e. The zero-order valence-corrected chi connectivity index (χ0v) is 10.1. The number of aromatic nitrogens is 2. The van der Waals surface area contributed by atoms with E-state index < -0.39 is 4.92 Å². The second-order valence-corrected chi connectivity index (χ2v) is 3.96. The van der Waals surface area contributed by atoms with Crippen LogP contribution in [-0.2, 0) is 13.6 Å². The Labute approximate surface area is 105 Å². The van der Waals surface area contributed by atoms with Gasteiger partial charge in [-0.05, 0) is 12.1 Å². The second-order valence-electron chi connectivity index (χ2n) is 3.96. The van der Waals surface area contributed by atoms with E-state index in [1.165, 1.54) is 12.1 Å². The van der Waals surface area contributed by atoms with Crippen LogP contribution >= 0.6 is 0 Å². The highest BCUT2D eigenvalue weighted by atomic mass is 16.6. The van der Waals surface area contributed by atoms with Crippen LogP contribution in [-0.4, -0.2) is 16.1 Å². The van der Waals surface area contributed by atoms with Crippen molar-refractivity contribution in [3.63, 3.8) is 0 Å². The molecule has 0 aliphatic carbocycles. The molecule has 1 heterocycles. The van der Waals surface area contributed by atoms with E-state index in [2.05, 4.69) is 10.00 Å². The molecule has 0 unspecified atom stereocenters. The van der Waals surface area contributed by atoms with Gasteiger partial charge in [0, 0.05) is 30.4 Å². The van der Waals surface area contributed by atoms with Gasteiger partial charge in [-0.2, -0.15) is 4.68 Å². The summed E-state index contributed by atoms with van der Waals surface area (Å²) in [5.41, 5.74) is 0.993. The third-order valence-electron chi connectivity index (χ3n) is 2.71. The molecule has 0 aliphatic heterocycles. The Morgan fingerprint density at radius 2 is 2.11 bits per heavy atom. The Bertz CT molecular complexity index is 533. The third kappa shape index (κ3) is 2.85. The molecule has 2 rings (SSSR count). The summed E-state index contributed by atoms with van der Waals surface area (Å²) in [4.78, 5) is 10.1. The first-order valence-corrected chi connectivity index (χ1v) is 5.66. The lowest BCUT2D eigenvalue weighted by atomic mass is 10.3. The first kappa shape index (κ1) is 12.1. The highest BCUT2D eigenvalue weighted by molar-refractivity contribution is 5.48. The minimum absolute atomic E-state index is 0.109. The summed E-state index contributed by atoms with van der Waals surface area (Å²) in [5, 5.41) is 13.7. The molecular formula is C12H15N4O2+. The molecule has 94 valence electrons. The average Bonchev–Trinajstić information content (AvgIpc) is 2.76. The molecule has 6 nitrogen and oxygen atoms in total. The van der Waals surface area contributed by atoms with Gasteiger partial charge in [0.1, 0.15) is 0 Å². The summed E-state index contributed by atoms with van der Waals surface area (Å²) >= 11 is 0. The number of nitro groups is 1. The maximum absolute atomic E-state index is 10.5. The minimum atomic E-state index is -0.399. The molecule has 0 radical (unpaired) electrons. The van der Waals surface area contributed by atoms with Crippen molar-refractivity contribution in [1.29, 1.82) is 0 Å². The summed E-state index contributed by atoms with van der Waals surface area (Å²) < 4.78 is 4.07. The quantitative estimate of drug-likeness (QED) is 0.492. The van der Waals surface area contributed by atoms with Crippen molar-refractivity contribution in [1.82, 2.24) is 4.68 Å². The number of nitro benzene ring substituents is 1. The van der Waals surface area contributed by atoms with Gasteiger partial charge in [0.05, 0.1) is 17.7 Å². The fourth-order valence-electron chi connectivity index (χ4n) is 1.70. The maximum atomic E-state index is 10.5. The topological polar surface area (TPSA) is 64.0 Å². The molecule has 0 saturated heterocycles. The lowest BCUT2D eigenvalue weighted by Gasteiger charge is -2.05. The summed E-state index contributed by atoms with van der Waals surface area (Å²) in [6.07, 6.45) is 3.98. The fourth-order valence-corrected chi connectivity index (χ4v) is 1.70. The van der Waals surface area contributed by atoms with Gasteiger partial charge in [-0.15, -0.1) is 4.68 Å². The Morgan fingerprint density at radius 3 is 2.67 bits per heavy atom. The zero-order valence-electron chi connectivity index (χ0n) is 10.1. The van der Waals surface area contributed by atoms with Crippen LogP contribution in [0.15, 0.2) is 42.7 Å². The van der Waals surface area contributed by atoms with Crippen LogP contribution in [0.25, 0.3) is 0 Å². The number of nitrogens with zero attached hydrogens (tertiary/aromatic N) is 3. The highest BCUT2D eigenvalue weighted by Crippen LogP contribution is 2.14. The van der Waals surface area contributed by atoms with Gasteiger partial charge in [-0.25, -0.2) is 0 Å². The van der Waals surface area contributed by atoms with E-state index in [1.54, 1.807) is 12.1 Å². The number of hydrogen-bond acceptors (Lipinski definition) is 3. The number of rotatable bonds is 5. The van der Waals surface area contributed by atoms with Crippen LogP contribution in [0.4, 0.5) is 11.4 Å². The smallest absolute Gasteiger partial charge is 0.269 e. The fraction of sp³-hybridized carbons (Fsp3) is 0.250. The Balaban J connectivity index is 1.87. The summed E-state index contributed by atoms with van der Waals surface area (Å²) in [6, 6.07) is 8.41. The predicted molar refractivity (Wildman–Crippen MR) is 67.2 cm³/mol. The van der Waals surface area contributed by atoms with Crippen molar-refractivity contribution in [2.75, 3.05) is 11.9 Å². The van der Waals surface area contributed by atoms with E-state index in [1.807, 2.05) is 30.2 Å². The third-order valence-corrected chi connectivity index (χ3v) is 2.71. The average molecular weight is 247 g/mol. The van der Waals surface area contributed by atoms with E-state index in [4.69, 9.17) is 0 Å². The van der Waals surface area contributed by atoms with E-state index in [9.17, 15) is 10.1 Å². The molecule has 1 aromatic carbocycles. The van der Waals surface area contributed by atoms with Gasteiger partial charge in [0.25, 0.3) is 5.69 Å². The molecule has 0 spiro atoms. The Hall–Kier alpha value is -2.37. The molecule has 0 amide bonds. The van der Waals surface area contributed by atoms with E-state index in [0.717, 1.165) is 18.8 Å². The van der Waals surface area contributed by atoms with Crippen LogP contribution in [0.2, 0.25) is 0 Å². The van der Waals surface area contributed by atoms with Gasteiger partial charge in [0.15, 0.2) is 13.2 Å². The molecule has 1 aromatic heterocycles. The normalized spacial score (nSPS) is 10.3. The second kappa shape index (κ2) is 5.31. The molecule has 0 atom stereocenters. The molecule has 0 saturated carbocycles. The van der Waals surface area contributed by atoms with Gasteiger partial charge in [0.2, 0.25) is 0 Å². The standard InChI is InChI=1S/C12H15N4O2/c1-14-8-2-9-15(14)10-7-13-11-3-5-12(6-4-11)16(17)18/h2-6,8-9,13H,7,10H2,1H3/q+1. The Kier molecular flexibility index (Phi) is 3.57. The van der Waals surface area contributed by atoms with Crippen molar-refractivity contribution < 1.29 is 9.61 Å². The van der Waals surface area contributed by atoms with Crippen LogP contribution < -0.4 is 10.00 Å². The molecule has 6 heteroatoms. The molecule has 0 aliphatic rings. The van der Waals surface area contributed by atoms with Gasteiger partial charge in [-0.1, -0.05) is 0 Å². The number of anilines is 1. The van der Waals surface area contributed by atoms with Gasteiger partial charge >= 0.3 is 0 Å². The van der Waals surface area contributed by atoms with Crippen molar-refractivity contribution in [2.24, 2.45) is 7.05 Å². The van der Waals surface area contributed by atoms with Crippen molar-refractivity contribution in [2.45, 2.75) is 6.54 Å². The SMILES string of the molecule is C[n+]1cccn1CCNc1ccc([N+](=O)[O-])cc1. The van der Waals surface area contributed by atoms with E-state index in [-0.39, 0.29) is 5.69 Å². The van der Waals surface area contributed by atoms with Crippen LogP contribution in [0.5, 0.6) is 0 Å². The molecular weight excluding hydrogens is 232 g/mol. The van der Waals surface area contributed by atoms with Crippen LogP contribution in [0.1, 0.15) is 0 Å². The number of non-ortho nitro benzene ring substituents is 1. The van der Waals surface area contributed by atoms with Crippen molar-refractivity contribution in [3.8, 4) is 0 Å². The van der Waals surface area contributed by atoms with Gasteiger partial charge < -0.3 is 5.32 Å². The summed E-state index contributed by atoms with van der Waals surface area (Å²) in [7, 11) is 1.98. The van der Waals surface area contributed by atoms with Crippen LogP contribution in [0, 0.1) is 10.1 Å². The summed E-state index contributed by atoms with van der Waals surface area (Å²) in [6.45, 7) is 1.60. The minimum Gasteiger partial charge on any atom is -0.383 e. The lowest BCUT2D eigenvalue weighted by Crippen LogP contribution is -2.39. The van der Waals surface area contributed by atoms with E-state index in [0.29, 0.717) is 0 Å². The van der Waals surface area contributed by atoms with Gasteiger partial charge in [-0.3, -0.25) is 10.1 Å². The molecule has 1 N–H and O–H groups in total. The molecule has 0 fully saturated rings. The monoisotopic (exact) mass is 247 g/mol. The lowest BCUT2D eigenvalue weighted by molar-refractivity contribution is -0.753. The van der Waals surface area contributed by atoms with Crippen molar-refractivity contribution >= 4 is 11.4 Å². The first-order valence-electron chi connectivity index (χ1n) is 5.66. The molecule has 18 heavy (non-hydrogen) atoms. The first-order chi connectivity index (χ1) is 8.66. The van der Waals surface area contributed by atoms with E-state index >= 15 is 0 Å². The number of benzene rings is 1. The number of nitrogens with one attached hydrogen (secondary N) is 1. The molecule has 2 aromatic rings. The number of hydrogen-bond donors (Lipinski definition) is 1. The summed E-state index contributed by atoms with van der Waals surface area (Å²) in [5.74, 6) is 0. The Morgan fingerprint density at radius 1 is 1.39 bits per heavy atom.